The Balaban J connectivity index is 1.67. The number of hydrogen-bond acceptors (Lipinski definition) is 6. The van der Waals surface area contributed by atoms with E-state index in [2.05, 4.69) is 29.2 Å². The number of ether oxygens (including phenoxy) is 1. The number of amides is 2. The average Bonchev–Trinajstić information content (AvgIpc) is 2.87. The van der Waals surface area contributed by atoms with Crippen molar-refractivity contribution in [3.8, 4) is 17.0 Å². The van der Waals surface area contributed by atoms with Gasteiger partial charge in [-0.1, -0.05) is 23.8 Å². The first-order chi connectivity index (χ1) is 14.8. The van der Waals surface area contributed by atoms with E-state index in [1.165, 1.54) is 4.90 Å². The van der Waals surface area contributed by atoms with Gasteiger partial charge in [-0.3, -0.25) is 14.5 Å². The summed E-state index contributed by atoms with van der Waals surface area (Å²) >= 11 is 0. The Morgan fingerprint density at radius 2 is 2.03 bits per heavy atom. The molecule has 31 heavy (non-hydrogen) atoms. The Hall–Kier alpha value is -3.51. The summed E-state index contributed by atoms with van der Waals surface area (Å²) in [6, 6.07) is 9.36. The van der Waals surface area contributed by atoms with E-state index >= 15 is 0 Å². The van der Waals surface area contributed by atoms with Gasteiger partial charge < -0.3 is 4.74 Å². The average molecular weight is 433 g/mol. The molecule has 3 aromatic rings. The fourth-order valence-electron chi connectivity index (χ4n) is 3.21. The van der Waals surface area contributed by atoms with Crippen molar-refractivity contribution in [3.05, 3.63) is 59.7 Å². The summed E-state index contributed by atoms with van der Waals surface area (Å²) in [4.78, 5) is 43.6. The van der Waals surface area contributed by atoms with E-state index in [0.717, 1.165) is 22.0 Å². The molecule has 1 aromatic carbocycles. The molecule has 156 valence electrons. The minimum absolute atomic E-state index is 0.0432. The molecule has 1 aliphatic rings. The van der Waals surface area contributed by atoms with Gasteiger partial charge in [0.25, 0.3) is 5.91 Å². The molecule has 0 radical (unpaired) electrons. The molecule has 0 N–H and O–H groups in total. The minimum atomic E-state index is -0.710. The Bertz CT molecular complexity index is 1240. The van der Waals surface area contributed by atoms with Crippen LogP contribution in [0, 0.1) is 13.8 Å². The van der Waals surface area contributed by atoms with Crippen LogP contribution in [0.3, 0.4) is 0 Å². The van der Waals surface area contributed by atoms with Crippen molar-refractivity contribution in [2.45, 2.75) is 13.8 Å². The molecule has 1 atom stereocenters. The monoisotopic (exact) mass is 433 g/mol. The first kappa shape index (κ1) is 20.8. The molecular weight excluding hydrogens is 413 g/mol. The maximum absolute atomic E-state index is 12.8. The van der Waals surface area contributed by atoms with Gasteiger partial charge in [-0.15, -0.1) is 9.24 Å². The van der Waals surface area contributed by atoms with E-state index in [1.807, 2.05) is 32.0 Å². The van der Waals surface area contributed by atoms with Gasteiger partial charge in [0.15, 0.2) is 11.6 Å². The molecule has 0 bridgehead atoms. The van der Waals surface area contributed by atoms with Gasteiger partial charge in [0.1, 0.15) is 12.3 Å². The quantitative estimate of drug-likeness (QED) is 0.576. The van der Waals surface area contributed by atoms with Gasteiger partial charge in [-0.2, -0.15) is 0 Å². The third kappa shape index (κ3) is 4.07. The maximum atomic E-state index is 12.8. The van der Waals surface area contributed by atoms with E-state index in [1.54, 1.807) is 31.6 Å². The van der Waals surface area contributed by atoms with E-state index in [-0.39, 0.29) is 18.1 Å². The fourth-order valence-corrected chi connectivity index (χ4v) is 3.71. The summed E-state index contributed by atoms with van der Waals surface area (Å²) < 4.78 is 5.63. The molecule has 3 heterocycles. The molecule has 2 amide bonds. The second kappa shape index (κ2) is 8.32. The standard InChI is InChI=1S/C22H20N5O3P/c1-12-6-7-14(17(31)9-12)18-13(2)10-24-19(26-18)21(28)25-15-11-30-16-5-4-8-23-20(16)27(3)22(15)29/h4-10H,11,31H2,1-3H3/b25-15+. The van der Waals surface area contributed by atoms with Crippen molar-refractivity contribution in [2.75, 3.05) is 18.6 Å². The first-order valence-electron chi connectivity index (χ1n) is 9.53. The van der Waals surface area contributed by atoms with Gasteiger partial charge in [0, 0.05) is 25.0 Å². The molecule has 0 saturated heterocycles. The van der Waals surface area contributed by atoms with Crippen molar-refractivity contribution in [1.29, 1.82) is 0 Å². The summed E-state index contributed by atoms with van der Waals surface area (Å²) in [6.45, 7) is 3.73. The lowest BCUT2D eigenvalue weighted by Gasteiger charge is -2.14. The van der Waals surface area contributed by atoms with Gasteiger partial charge in [0.2, 0.25) is 5.82 Å². The van der Waals surface area contributed by atoms with Crippen LogP contribution in [0.5, 0.6) is 5.75 Å². The molecule has 0 aliphatic carbocycles. The number of aryl methyl sites for hydroxylation is 2. The topological polar surface area (TPSA) is 97.6 Å². The van der Waals surface area contributed by atoms with Crippen molar-refractivity contribution in [3.63, 3.8) is 0 Å². The van der Waals surface area contributed by atoms with E-state index < -0.39 is 11.8 Å². The third-order valence-corrected chi connectivity index (χ3v) is 5.32. The zero-order valence-corrected chi connectivity index (χ0v) is 18.4. The lowest BCUT2D eigenvalue weighted by Crippen LogP contribution is -2.35. The van der Waals surface area contributed by atoms with Gasteiger partial charge >= 0.3 is 5.91 Å². The number of hydrogen-bond donors (Lipinski definition) is 0. The highest BCUT2D eigenvalue weighted by atomic mass is 31.0. The Morgan fingerprint density at radius 3 is 2.81 bits per heavy atom. The van der Waals surface area contributed by atoms with Crippen LogP contribution in [-0.4, -0.2) is 46.1 Å². The normalized spacial score (nSPS) is 14.8. The second-order valence-electron chi connectivity index (χ2n) is 7.16. The summed E-state index contributed by atoms with van der Waals surface area (Å²) in [6.07, 6.45) is 3.14. The molecule has 1 aliphatic heterocycles. The van der Waals surface area contributed by atoms with E-state index in [9.17, 15) is 9.59 Å². The largest absolute Gasteiger partial charge is 0.483 e. The highest BCUT2D eigenvalue weighted by molar-refractivity contribution is 7.28. The number of nitrogens with zero attached hydrogens (tertiary/aromatic N) is 5. The molecule has 8 nitrogen and oxygen atoms in total. The van der Waals surface area contributed by atoms with Gasteiger partial charge in [0.05, 0.1) is 5.69 Å². The molecule has 2 aromatic heterocycles. The smallest absolute Gasteiger partial charge is 0.315 e. The molecule has 1 unspecified atom stereocenters. The van der Waals surface area contributed by atoms with Crippen LogP contribution in [-0.2, 0) is 4.79 Å². The molecular formula is C22H20N5O3P. The fraction of sp³-hybridized carbons (Fsp3) is 0.182. The van der Waals surface area contributed by atoms with Crippen molar-refractivity contribution >= 4 is 37.9 Å². The molecule has 9 heteroatoms. The highest BCUT2D eigenvalue weighted by Crippen LogP contribution is 2.27. The van der Waals surface area contributed by atoms with Crippen LogP contribution in [0.15, 0.2) is 47.7 Å². The van der Waals surface area contributed by atoms with Gasteiger partial charge in [-0.25, -0.2) is 19.9 Å². The lowest BCUT2D eigenvalue weighted by atomic mass is 10.1. The minimum Gasteiger partial charge on any atom is -0.483 e. The number of rotatable bonds is 2. The van der Waals surface area contributed by atoms with Gasteiger partial charge in [-0.05, 0) is 36.8 Å². The molecule has 0 fully saturated rings. The summed E-state index contributed by atoms with van der Waals surface area (Å²) in [5.74, 6) is -0.459. The predicted octanol–water partition coefficient (Wildman–Crippen LogP) is 2.29. The number of aromatic nitrogens is 3. The molecule has 0 spiro atoms. The SMILES string of the molecule is Cc1ccc(-c2nc(C(=O)/N=C3\COc4cccnc4N(C)C3=O)ncc2C)c(P)c1. The summed E-state index contributed by atoms with van der Waals surface area (Å²) in [5.41, 5.74) is 3.42. The Labute approximate surface area is 181 Å². The Kier molecular flexibility index (Phi) is 5.57. The van der Waals surface area contributed by atoms with Crippen molar-refractivity contribution < 1.29 is 14.3 Å². The number of aliphatic imine (C=N–C) groups is 1. The van der Waals surface area contributed by atoms with E-state index in [4.69, 9.17) is 4.74 Å². The van der Waals surface area contributed by atoms with Crippen LogP contribution in [0.1, 0.15) is 21.7 Å². The van der Waals surface area contributed by atoms with Crippen LogP contribution < -0.4 is 14.9 Å². The molecule has 4 rings (SSSR count). The number of fused-ring (bicyclic) bond motifs is 1. The zero-order valence-electron chi connectivity index (χ0n) is 17.3. The lowest BCUT2D eigenvalue weighted by molar-refractivity contribution is -0.112. The van der Waals surface area contributed by atoms with Crippen LogP contribution in [0.2, 0.25) is 0 Å². The van der Waals surface area contributed by atoms with Crippen molar-refractivity contribution in [1.82, 2.24) is 15.0 Å². The number of carbonyl (C=O) groups is 2. The summed E-state index contributed by atoms with van der Waals surface area (Å²) in [5, 5.41) is 0.964. The van der Waals surface area contributed by atoms with Crippen LogP contribution >= 0.6 is 9.24 Å². The third-order valence-electron chi connectivity index (χ3n) is 4.85. The number of benzene rings is 1. The van der Waals surface area contributed by atoms with Crippen LogP contribution in [0.25, 0.3) is 11.3 Å². The molecule has 0 saturated carbocycles. The number of carbonyl (C=O) groups excluding carboxylic acids is 2. The first-order valence-corrected chi connectivity index (χ1v) is 10.1. The number of pyridine rings is 1. The number of anilines is 1. The summed E-state index contributed by atoms with van der Waals surface area (Å²) in [7, 11) is 4.24. The maximum Gasteiger partial charge on any atom is 0.315 e. The van der Waals surface area contributed by atoms with Crippen molar-refractivity contribution in [2.24, 2.45) is 4.99 Å². The zero-order chi connectivity index (χ0) is 22.1. The van der Waals surface area contributed by atoms with Crippen LogP contribution in [0.4, 0.5) is 5.82 Å². The highest BCUT2D eigenvalue weighted by Gasteiger charge is 2.28. The van der Waals surface area contributed by atoms with E-state index in [0.29, 0.717) is 17.3 Å². The Morgan fingerprint density at radius 1 is 1.23 bits per heavy atom. The predicted molar refractivity (Wildman–Crippen MR) is 121 cm³/mol. The second-order valence-corrected chi connectivity index (χ2v) is 7.78.